The van der Waals surface area contributed by atoms with E-state index in [1.165, 1.54) is 12.3 Å². The van der Waals surface area contributed by atoms with Crippen LogP contribution in [0.5, 0.6) is 0 Å². The summed E-state index contributed by atoms with van der Waals surface area (Å²) in [6.45, 7) is 5.45. The summed E-state index contributed by atoms with van der Waals surface area (Å²) in [6.07, 6.45) is 5.29. The van der Waals surface area contributed by atoms with Crippen molar-refractivity contribution in [3.63, 3.8) is 0 Å². The van der Waals surface area contributed by atoms with Crippen LogP contribution >= 0.6 is 0 Å². The van der Waals surface area contributed by atoms with Crippen LogP contribution in [0.25, 0.3) is 0 Å². The highest BCUT2D eigenvalue weighted by Crippen LogP contribution is 2.12. The number of carbonyl (C=O) groups excluding carboxylic acids is 4. The number of benzene rings is 1. The first-order chi connectivity index (χ1) is 18.0. The summed E-state index contributed by atoms with van der Waals surface area (Å²) in [6, 6.07) is 11.9. The Kier molecular flexibility index (Phi) is 10.6. The molecule has 2 heterocycles. The molecule has 2 N–H and O–H groups in total. The minimum absolute atomic E-state index is 0.0935. The van der Waals surface area contributed by atoms with Gasteiger partial charge >= 0.3 is 6.09 Å². The van der Waals surface area contributed by atoms with E-state index in [0.717, 1.165) is 5.56 Å². The molecule has 2 aromatic rings. The molecular formula is C27H33N5O5. The van der Waals surface area contributed by atoms with Crippen LogP contribution in [0.15, 0.2) is 67.5 Å². The topological polar surface area (TPSA) is 121 Å². The maximum absolute atomic E-state index is 13.3. The number of pyridine rings is 1. The van der Waals surface area contributed by atoms with Crippen molar-refractivity contribution < 1.29 is 23.9 Å². The molecule has 0 aliphatic carbocycles. The van der Waals surface area contributed by atoms with Gasteiger partial charge in [0.1, 0.15) is 12.6 Å². The summed E-state index contributed by atoms with van der Waals surface area (Å²) in [5, 5.41) is 5.41. The number of aromatic nitrogens is 1. The fraction of sp³-hybridized carbons (Fsp3) is 0.370. The second-order valence-corrected chi connectivity index (χ2v) is 8.61. The summed E-state index contributed by atoms with van der Waals surface area (Å²) in [4.78, 5) is 57.2. The van der Waals surface area contributed by atoms with Gasteiger partial charge in [0, 0.05) is 45.1 Å². The molecule has 4 amide bonds. The Bertz CT molecular complexity index is 1060. The zero-order valence-corrected chi connectivity index (χ0v) is 20.8. The number of unbranched alkanes of at least 4 members (excludes halogenated alkanes) is 1. The minimum atomic E-state index is -0.779. The first-order valence-corrected chi connectivity index (χ1v) is 12.3. The quantitative estimate of drug-likeness (QED) is 0.355. The lowest BCUT2D eigenvalue weighted by atomic mass is 10.1. The molecule has 0 saturated carbocycles. The number of nitrogens with zero attached hydrogens (tertiary/aromatic N) is 3. The number of alkyl carbamates (subject to hydrolysis) is 1. The molecule has 0 spiro atoms. The van der Waals surface area contributed by atoms with Gasteiger partial charge in [0.2, 0.25) is 11.8 Å². The summed E-state index contributed by atoms with van der Waals surface area (Å²) < 4.78 is 5.32. The molecule has 1 atom stereocenters. The molecule has 0 bridgehead atoms. The standard InChI is InChI=1S/C27H33N5O5/c1-2-24(33)29-14-7-6-12-23(30-27(36)37-20-21-9-4-3-5-10-21)26(35)32-17-15-31(16-18-32)25(34)22-11-8-13-28-19-22/h2-5,8-11,13,19,23H,1,6-7,12,14-18,20H2,(H,29,33)(H,30,36)/t23-/m0/s1. The second-order valence-electron chi connectivity index (χ2n) is 8.61. The monoisotopic (exact) mass is 507 g/mol. The van der Waals surface area contributed by atoms with Crippen LogP contribution in [0.4, 0.5) is 4.79 Å². The third-order valence-electron chi connectivity index (χ3n) is 5.99. The van der Waals surface area contributed by atoms with E-state index in [9.17, 15) is 19.2 Å². The SMILES string of the molecule is C=CC(=O)NCCCC[C@H](NC(=O)OCc1ccccc1)C(=O)N1CCN(C(=O)c2cccnc2)CC1. The van der Waals surface area contributed by atoms with E-state index in [2.05, 4.69) is 22.2 Å². The number of rotatable bonds is 11. The third-order valence-corrected chi connectivity index (χ3v) is 5.99. The molecule has 0 unspecified atom stereocenters. The van der Waals surface area contributed by atoms with Crippen LogP contribution in [0, 0.1) is 0 Å². The lowest BCUT2D eigenvalue weighted by Crippen LogP contribution is -2.55. The van der Waals surface area contributed by atoms with Gasteiger partial charge in [-0.2, -0.15) is 0 Å². The fourth-order valence-corrected chi connectivity index (χ4v) is 3.94. The Morgan fingerprint density at radius 2 is 1.73 bits per heavy atom. The Morgan fingerprint density at radius 3 is 2.41 bits per heavy atom. The van der Waals surface area contributed by atoms with Crippen LogP contribution in [-0.2, 0) is 20.9 Å². The number of ether oxygens (including phenoxy) is 1. The van der Waals surface area contributed by atoms with Gasteiger partial charge in [-0.15, -0.1) is 0 Å². The first-order valence-electron chi connectivity index (χ1n) is 12.3. The summed E-state index contributed by atoms with van der Waals surface area (Å²) >= 11 is 0. The van der Waals surface area contributed by atoms with Gasteiger partial charge in [0.05, 0.1) is 5.56 Å². The predicted molar refractivity (Wildman–Crippen MR) is 137 cm³/mol. The van der Waals surface area contributed by atoms with E-state index in [-0.39, 0.29) is 24.3 Å². The van der Waals surface area contributed by atoms with Crippen molar-refractivity contribution in [2.75, 3.05) is 32.7 Å². The second kappa shape index (κ2) is 14.4. The molecule has 37 heavy (non-hydrogen) atoms. The molecule has 10 nitrogen and oxygen atoms in total. The van der Waals surface area contributed by atoms with Gasteiger partial charge in [-0.3, -0.25) is 19.4 Å². The molecule has 3 rings (SSSR count). The van der Waals surface area contributed by atoms with E-state index in [4.69, 9.17) is 4.74 Å². The summed E-state index contributed by atoms with van der Waals surface area (Å²) in [5.41, 5.74) is 1.35. The van der Waals surface area contributed by atoms with Gasteiger partial charge in [0.15, 0.2) is 0 Å². The molecule has 10 heteroatoms. The highest BCUT2D eigenvalue weighted by atomic mass is 16.5. The number of nitrogens with one attached hydrogen (secondary N) is 2. The molecule has 1 fully saturated rings. The van der Waals surface area contributed by atoms with Crippen LogP contribution in [0.2, 0.25) is 0 Å². The largest absolute Gasteiger partial charge is 0.445 e. The number of amides is 4. The lowest BCUT2D eigenvalue weighted by Gasteiger charge is -2.36. The van der Waals surface area contributed by atoms with E-state index < -0.39 is 12.1 Å². The predicted octanol–water partition coefficient (Wildman–Crippen LogP) is 2.13. The van der Waals surface area contributed by atoms with Crippen LogP contribution < -0.4 is 10.6 Å². The highest BCUT2D eigenvalue weighted by molar-refractivity contribution is 5.94. The van der Waals surface area contributed by atoms with Crippen molar-refractivity contribution in [3.05, 3.63) is 78.6 Å². The van der Waals surface area contributed by atoms with E-state index in [1.807, 2.05) is 30.3 Å². The van der Waals surface area contributed by atoms with Gasteiger partial charge in [0.25, 0.3) is 5.91 Å². The molecular weight excluding hydrogens is 474 g/mol. The number of carbonyl (C=O) groups is 4. The van der Waals surface area contributed by atoms with Crippen LogP contribution in [0.1, 0.15) is 35.2 Å². The Morgan fingerprint density at radius 1 is 1.00 bits per heavy atom. The molecule has 196 valence electrons. The van der Waals surface area contributed by atoms with E-state index in [0.29, 0.717) is 57.5 Å². The maximum atomic E-state index is 13.3. The fourth-order valence-electron chi connectivity index (χ4n) is 3.94. The van der Waals surface area contributed by atoms with E-state index in [1.54, 1.807) is 28.1 Å². The molecule has 1 aromatic carbocycles. The number of piperazine rings is 1. The molecule has 1 aliphatic heterocycles. The van der Waals surface area contributed by atoms with Crippen molar-refractivity contribution in [1.82, 2.24) is 25.4 Å². The Hall–Kier alpha value is -4.21. The Labute approximate surface area is 216 Å². The normalized spacial score (nSPS) is 13.8. The van der Waals surface area contributed by atoms with Crippen molar-refractivity contribution >= 4 is 23.8 Å². The van der Waals surface area contributed by atoms with Gasteiger partial charge < -0.3 is 25.2 Å². The molecule has 1 saturated heterocycles. The molecule has 1 aromatic heterocycles. The average molecular weight is 508 g/mol. The minimum Gasteiger partial charge on any atom is -0.445 e. The van der Waals surface area contributed by atoms with Gasteiger partial charge in [-0.1, -0.05) is 36.9 Å². The van der Waals surface area contributed by atoms with Crippen LogP contribution in [-0.4, -0.2) is 77.4 Å². The number of hydrogen-bond donors (Lipinski definition) is 2. The zero-order chi connectivity index (χ0) is 26.5. The zero-order valence-electron chi connectivity index (χ0n) is 20.8. The van der Waals surface area contributed by atoms with Gasteiger partial charge in [-0.05, 0) is 43.0 Å². The summed E-state index contributed by atoms with van der Waals surface area (Å²) in [7, 11) is 0. The van der Waals surface area contributed by atoms with E-state index >= 15 is 0 Å². The molecule has 0 radical (unpaired) electrons. The lowest BCUT2D eigenvalue weighted by molar-refractivity contribution is -0.135. The maximum Gasteiger partial charge on any atom is 0.408 e. The smallest absolute Gasteiger partial charge is 0.408 e. The molecule has 1 aliphatic rings. The summed E-state index contributed by atoms with van der Waals surface area (Å²) in [5.74, 6) is -0.602. The highest BCUT2D eigenvalue weighted by Gasteiger charge is 2.30. The van der Waals surface area contributed by atoms with Crippen molar-refractivity contribution in [1.29, 1.82) is 0 Å². The van der Waals surface area contributed by atoms with Gasteiger partial charge in [-0.25, -0.2) is 4.79 Å². The van der Waals surface area contributed by atoms with Crippen molar-refractivity contribution in [2.45, 2.75) is 31.9 Å². The average Bonchev–Trinajstić information content (AvgIpc) is 2.95. The first kappa shape index (κ1) is 27.4. The third kappa shape index (κ3) is 8.75. The van der Waals surface area contributed by atoms with Crippen molar-refractivity contribution in [2.24, 2.45) is 0 Å². The number of hydrogen-bond acceptors (Lipinski definition) is 6. The van der Waals surface area contributed by atoms with Crippen LogP contribution in [0.3, 0.4) is 0 Å². The Balaban J connectivity index is 1.54. The van der Waals surface area contributed by atoms with Crippen molar-refractivity contribution in [3.8, 4) is 0 Å².